The van der Waals surface area contributed by atoms with Gasteiger partial charge in [0.15, 0.2) is 0 Å². The number of aryl methyl sites for hydroxylation is 1. The summed E-state index contributed by atoms with van der Waals surface area (Å²) >= 11 is 0. The molecule has 0 radical (unpaired) electrons. The second-order valence-corrected chi connectivity index (χ2v) is 6.90. The van der Waals surface area contributed by atoms with E-state index in [-0.39, 0.29) is 18.2 Å². The van der Waals surface area contributed by atoms with E-state index in [1.54, 1.807) is 4.68 Å². The molecule has 2 heterocycles. The SMILES string of the molecule is CCn1ncnc1[C@H](C)NC(=O)Nc1ccc(OC2CCN(C)CC2)cc1. The molecule has 8 nitrogen and oxygen atoms in total. The van der Waals surface area contributed by atoms with E-state index in [0.717, 1.165) is 37.5 Å². The van der Waals surface area contributed by atoms with Crippen LogP contribution in [0.4, 0.5) is 10.5 Å². The standard InChI is InChI=1S/C19H28N6O2/c1-4-25-18(20-13-21-25)14(2)22-19(26)23-15-5-7-16(8-6-15)27-17-9-11-24(3)12-10-17/h5-8,13-14,17H,4,9-12H2,1-3H3,(H2,22,23,26)/t14-/m0/s1. The van der Waals surface area contributed by atoms with Crippen LogP contribution in [0.3, 0.4) is 0 Å². The number of anilines is 1. The molecule has 3 rings (SSSR count). The molecule has 27 heavy (non-hydrogen) atoms. The van der Waals surface area contributed by atoms with Gasteiger partial charge in [-0.25, -0.2) is 14.5 Å². The van der Waals surface area contributed by atoms with Crippen molar-refractivity contribution >= 4 is 11.7 Å². The van der Waals surface area contributed by atoms with E-state index in [1.807, 2.05) is 38.1 Å². The summed E-state index contributed by atoms with van der Waals surface area (Å²) in [6.07, 6.45) is 3.84. The van der Waals surface area contributed by atoms with Crippen molar-refractivity contribution in [2.75, 3.05) is 25.5 Å². The first-order valence-electron chi connectivity index (χ1n) is 9.45. The molecule has 2 amide bonds. The highest BCUT2D eigenvalue weighted by molar-refractivity contribution is 5.89. The Bertz CT molecular complexity index is 737. The number of aromatic nitrogens is 3. The van der Waals surface area contributed by atoms with Gasteiger partial charge >= 0.3 is 6.03 Å². The van der Waals surface area contributed by atoms with Crippen molar-refractivity contribution in [1.29, 1.82) is 0 Å². The predicted molar refractivity (Wildman–Crippen MR) is 104 cm³/mol. The fourth-order valence-electron chi connectivity index (χ4n) is 3.19. The molecule has 1 fully saturated rings. The number of hydrogen-bond acceptors (Lipinski definition) is 5. The Morgan fingerprint density at radius 3 is 2.67 bits per heavy atom. The van der Waals surface area contributed by atoms with Gasteiger partial charge in [-0.05, 0) is 58.0 Å². The number of hydrogen-bond donors (Lipinski definition) is 2. The van der Waals surface area contributed by atoms with Crippen LogP contribution >= 0.6 is 0 Å². The van der Waals surface area contributed by atoms with E-state index >= 15 is 0 Å². The lowest BCUT2D eigenvalue weighted by Gasteiger charge is -2.29. The molecular formula is C19H28N6O2. The Morgan fingerprint density at radius 1 is 1.30 bits per heavy atom. The minimum atomic E-state index is -0.280. The molecule has 0 spiro atoms. The molecule has 0 saturated carbocycles. The number of nitrogens with zero attached hydrogens (tertiary/aromatic N) is 4. The van der Waals surface area contributed by atoms with E-state index in [1.165, 1.54) is 6.33 Å². The van der Waals surface area contributed by atoms with Gasteiger partial charge in [-0.2, -0.15) is 5.10 Å². The Balaban J connectivity index is 1.49. The number of amides is 2. The summed E-state index contributed by atoms with van der Waals surface area (Å²) < 4.78 is 7.79. The number of nitrogens with one attached hydrogen (secondary N) is 2. The van der Waals surface area contributed by atoms with Crippen molar-refractivity contribution in [1.82, 2.24) is 25.0 Å². The number of rotatable bonds is 6. The fourth-order valence-corrected chi connectivity index (χ4v) is 3.19. The number of piperidine rings is 1. The maximum Gasteiger partial charge on any atom is 0.319 e. The van der Waals surface area contributed by atoms with Crippen LogP contribution in [0.2, 0.25) is 0 Å². The van der Waals surface area contributed by atoms with Gasteiger partial charge in [0.05, 0.1) is 6.04 Å². The number of carbonyl (C=O) groups excluding carboxylic acids is 1. The number of benzene rings is 1. The number of ether oxygens (including phenoxy) is 1. The molecule has 0 bridgehead atoms. The largest absolute Gasteiger partial charge is 0.490 e. The summed E-state index contributed by atoms with van der Waals surface area (Å²) in [6, 6.07) is 6.97. The summed E-state index contributed by atoms with van der Waals surface area (Å²) in [5.41, 5.74) is 0.715. The molecule has 1 aromatic heterocycles. The lowest BCUT2D eigenvalue weighted by molar-refractivity contribution is 0.114. The minimum absolute atomic E-state index is 0.237. The summed E-state index contributed by atoms with van der Waals surface area (Å²) in [7, 11) is 2.13. The molecule has 8 heteroatoms. The minimum Gasteiger partial charge on any atom is -0.490 e. The third-order valence-electron chi connectivity index (χ3n) is 4.76. The Hall–Kier alpha value is -2.61. The average molecular weight is 372 g/mol. The van der Waals surface area contributed by atoms with Gasteiger partial charge in [0.2, 0.25) is 0 Å². The normalized spacial score (nSPS) is 16.7. The molecule has 2 aromatic rings. The second-order valence-electron chi connectivity index (χ2n) is 6.90. The molecule has 2 N–H and O–H groups in total. The Kier molecular flexibility index (Phi) is 6.28. The predicted octanol–water partition coefficient (Wildman–Crippen LogP) is 2.65. The quantitative estimate of drug-likeness (QED) is 0.814. The van der Waals surface area contributed by atoms with Gasteiger partial charge in [0.25, 0.3) is 0 Å². The molecule has 0 unspecified atom stereocenters. The maximum absolute atomic E-state index is 12.2. The second kappa shape index (κ2) is 8.85. The van der Waals surface area contributed by atoms with E-state index < -0.39 is 0 Å². The highest BCUT2D eigenvalue weighted by Crippen LogP contribution is 2.21. The summed E-state index contributed by atoms with van der Waals surface area (Å²) in [4.78, 5) is 18.8. The van der Waals surface area contributed by atoms with Crippen molar-refractivity contribution in [2.45, 2.75) is 45.4 Å². The van der Waals surface area contributed by atoms with Crippen LogP contribution in [0.5, 0.6) is 5.75 Å². The van der Waals surface area contributed by atoms with Gasteiger partial charge in [0, 0.05) is 25.3 Å². The van der Waals surface area contributed by atoms with Crippen molar-refractivity contribution in [3.8, 4) is 5.75 Å². The fraction of sp³-hybridized carbons (Fsp3) is 0.526. The van der Waals surface area contributed by atoms with Crippen molar-refractivity contribution < 1.29 is 9.53 Å². The molecular weight excluding hydrogens is 344 g/mol. The van der Waals surface area contributed by atoms with Crippen molar-refractivity contribution in [3.05, 3.63) is 36.4 Å². The molecule has 1 aromatic carbocycles. The van der Waals surface area contributed by atoms with E-state index in [4.69, 9.17) is 4.74 Å². The first-order chi connectivity index (χ1) is 13.0. The first-order valence-corrected chi connectivity index (χ1v) is 9.45. The van der Waals surface area contributed by atoms with Crippen LogP contribution in [0.1, 0.15) is 38.6 Å². The van der Waals surface area contributed by atoms with Gasteiger partial charge < -0.3 is 20.3 Å². The molecule has 0 aliphatic carbocycles. The lowest BCUT2D eigenvalue weighted by atomic mass is 10.1. The zero-order chi connectivity index (χ0) is 19.2. The number of urea groups is 1. The molecule has 1 saturated heterocycles. The Morgan fingerprint density at radius 2 is 2.00 bits per heavy atom. The van der Waals surface area contributed by atoms with E-state index in [0.29, 0.717) is 12.2 Å². The summed E-state index contributed by atoms with van der Waals surface area (Å²) in [5.74, 6) is 1.56. The molecule has 146 valence electrons. The zero-order valence-corrected chi connectivity index (χ0v) is 16.2. The van der Waals surface area contributed by atoms with Gasteiger partial charge in [-0.3, -0.25) is 0 Å². The van der Waals surface area contributed by atoms with Crippen LogP contribution < -0.4 is 15.4 Å². The lowest BCUT2D eigenvalue weighted by Crippen LogP contribution is -2.35. The first kappa shape index (κ1) is 19.2. The average Bonchev–Trinajstić information content (AvgIpc) is 3.14. The highest BCUT2D eigenvalue weighted by Gasteiger charge is 2.18. The molecule has 1 aliphatic rings. The summed E-state index contributed by atoms with van der Waals surface area (Å²) in [5, 5.41) is 9.85. The number of likely N-dealkylation sites (tertiary alicyclic amines) is 1. The van der Waals surface area contributed by atoms with Gasteiger partial charge in [-0.15, -0.1) is 0 Å². The molecule has 1 atom stereocenters. The Labute approximate surface area is 159 Å². The third kappa shape index (κ3) is 5.19. The van der Waals surface area contributed by atoms with Crippen LogP contribution in [0, 0.1) is 0 Å². The van der Waals surface area contributed by atoms with Crippen molar-refractivity contribution in [2.24, 2.45) is 0 Å². The monoisotopic (exact) mass is 372 g/mol. The van der Waals surface area contributed by atoms with Crippen LogP contribution in [-0.4, -0.2) is 51.9 Å². The third-order valence-corrected chi connectivity index (χ3v) is 4.76. The zero-order valence-electron chi connectivity index (χ0n) is 16.2. The van der Waals surface area contributed by atoms with E-state index in [2.05, 4.69) is 32.7 Å². The molecule has 1 aliphatic heterocycles. The van der Waals surface area contributed by atoms with Crippen LogP contribution in [-0.2, 0) is 6.54 Å². The topological polar surface area (TPSA) is 84.3 Å². The summed E-state index contributed by atoms with van der Waals surface area (Å²) in [6.45, 7) is 6.71. The van der Waals surface area contributed by atoms with Crippen molar-refractivity contribution in [3.63, 3.8) is 0 Å². The van der Waals surface area contributed by atoms with Gasteiger partial charge in [-0.1, -0.05) is 0 Å². The van der Waals surface area contributed by atoms with Crippen LogP contribution in [0.25, 0.3) is 0 Å². The van der Waals surface area contributed by atoms with Gasteiger partial charge in [0.1, 0.15) is 24.0 Å². The highest BCUT2D eigenvalue weighted by atomic mass is 16.5. The van der Waals surface area contributed by atoms with E-state index in [9.17, 15) is 4.79 Å². The maximum atomic E-state index is 12.2. The van der Waals surface area contributed by atoms with Crippen LogP contribution in [0.15, 0.2) is 30.6 Å². The number of carbonyl (C=O) groups is 1. The smallest absolute Gasteiger partial charge is 0.319 e.